The molecule has 0 aliphatic heterocycles. The molecule has 0 aliphatic rings. The zero-order valence-electron chi connectivity index (χ0n) is 8.64. The quantitative estimate of drug-likeness (QED) is 0.754. The van der Waals surface area contributed by atoms with Gasteiger partial charge in [0.1, 0.15) is 5.75 Å². The van der Waals surface area contributed by atoms with Gasteiger partial charge in [-0.1, -0.05) is 29.3 Å². The van der Waals surface area contributed by atoms with Crippen molar-refractivity contribution in [2.45, 2.75) is 0 Å². The molecule has 5 heteroatoms. The fourth-order valence-electron chi connectivity index (χ4n) is 1.21. The largest absolute Gasteiger partial charge is 0.506 e. The molecule has 0 heterocycles. The number of benzene rings is 2. The van der Waals surface area contributed by atoms with E-state index in [0.717, 1.165) is 0 Å². The summed E-state index contributed by atoms with van der Waals surface area (Å²) < 4.78 is 0. The van der Waals surface area contributed by atoms with E-state index in [0.29, 0.717) is 16.4 Å². The molecule has 17 heavy (non-hydrogen) atoms. The number of phenols is 1. The van der Waals surface area contributed by atoms with E-state index in [4.69, 9.17) is 23.2 Å². The van der Waals surface area contributed by atoms with Crippen molar-refractivity contribution in [2.75, 3.05) is 0 Å². The Morgan fingerprint density at radius 1 is 0.882 bits per heavy atom. The molecule has 86 valence electrons. The van der Waals surface area contributed by atoms with Crippen LogP contribution in [-0.2, 0) is 0 Å². The number of hydrogen-bond donors (Lipinski definition) is 1. The third-order valence-corrected chi connectivity index (χ3v) is 2.56. The Balaban J connectivity index is 2.23. The predicted octanol–water partition coefficient (Wildman–Crippen LogP) is 5.11. The van der Waals surface area contributed by atoms with Gasteiger partial charge < -0.3 is 5.11 Å². The van der Waals surface area contributed by atoms with Crippen LogP contribution >= 0.6 is 23.2 Å². The van der Waals surface area contributed by atoms with E-state index >= 15 is 0 Å². The van der Waals surface area contributed by atoms with E-state index in [9.17, 15) is 5.11 Å². The molecule has 0 atom stereocenters. The topological polar surface area (TPSA) is 45.0 Å². The first-order valence-electron chi connectivity index (χ1n) is 4.81. The number of azo groups is 1. The summed E-state index contributed by atoms with van der Waals surface area (Å²) in [6.45, 7) is 0. The Kier molecular flexibility index (Phi) is 3.61. The fourth-order valence-corrected chi connectivity index (χ4v) is 1.57. The average molecular weight is 267 g/mol. The lowest BCUT2D eigenvalue weighted by Crippen LogP contribution is -1.68. The average Bonchev–Trinajstić information content (AvgIpc) is 2.31. The van der Waals surface area contributed by atoms with Crippen molar-refractivity contribution in [1.82, 2.24) is 0 Å². The van der Waals surface area contributed by atoms with Crippen LogP contribution in [0.1, 0.15) is 0 Å². The normalized spacial score (nSPS) is 10.9. The minimum atomic E-state index is 0.0216. The molecule has 0 bridgehead atoms. The van der Waals surface area contributed by atoms with Crippen LogP contribution in [0, 0.1) is 0 Å². The van der Waals surface area contributed by atoms with Gasteiger partial charge >= 0.3 is 0 Å². The SMILES string of the molecule is Oc1ccc(N=Nc2cccc(Cl)c2)cc1Cl. The third-order valence-electron chi connectivity index (χ3n) is 2.02. The molecule has 0 aliphatic carbocycles. The zero-order chi connectivity index (χ0) is 12.3. The Bertz CT molecular complexity index is 570. The van der Waals surface area contributed by atoms with Crippen molar-refractivity contribution in [3.63, 3.8) is 0 Å². The van der Waals surface area contributed by atoms with E-state index in [1.807, 2.05) is 0 Å². The van der Waals surface area contributed by atoms with Gasteiger partial charge in [0.05, 0.1) is 16.4 Å². The number of rotatable bonds is 2. The van der Waals surface area contributed by atoms with Crippen molar-refractivity contribution in [3.05, 3.63) is 52.5 Å². The van der Waals surface area contributed by atoms with Crippen LogP contribution in [0.15, 0.2) is 52.7 Å². The van der Waals surface area contributed by atoms with Gasteiger partial charge in [-0.25, -0.2) is 0 Å². The van der Waals surface area contributed by atoms with Gasteiger partial charge in [-0.05, 0) is 36.4 Å². The van der Waals surface area contributed by atoms with Gasteiger partial charge in [0.25, 0.3) is 0 Å². The molecule has 0 fully saturated rings. The van der Waals surface area contributed by atoms with Crippen LogP contribution < -0.4 is 0 Å². The van der Waals surface area contributed by atoms with Crippen LogP contribution in [0.3, 0.4) is 0 Å². The van der Waals surface area contributed by atoms with Crippen molar-refractivity contribution < 1.29 is 5.11 Å². The van der Waals surface area contributed by atoms with Gasteiger partial charge in [0.2, 0.25) is 0 Å². The first-order valence-corrected chi connectivity index (χ1v) is 5.56. The van der Waals surface area contributed by atoms with Crippen LogP contribution in [0.2, 0.25) is 10.0 Å². The minimum absolute atomic E-state index is 0.0216. The number of nitrogens with zero attached hydrogens (tertiary/aromatic N) is 2. The molecule has 2 aromatic rings. The van der Waals surface area contributed by atoms with Gasteiger partial charge in [-0.3, -0.25) is 0 Å². The second kappa shape index (κ2) is 5.17. The zero-order valence-corrected chi connectivity index (χ0v) is 10.2. The number of phenolic OH excluding ortho intramolecular Hbond substituents is 1. The molecule has 0 saturated heterocycles. The first-order chi connectivity index (χ1) is 8.15. The summed E-state index contributed by atoms with van der Waals surface area (Å²) >= 11 is 11.6. The number of hydrogen-bond acceptors (Lipinski definition) is 3. The summed E-state index contributed by atoms with van der Waals surface area (Å²) in [6, 6.07) is 11.7. The van der Waals surface area contributed by atoms with Crippen molar-refractivity contribution in [1.29, 1.82) is 0 Å². The van der Waals surface area contributed by atoms with Crippen molar-refractivity contribution >= 4 is 34.6 Å². The summed E-state index contributed by atoms with van der Waals surface area (Å²) in [6.07, 6.45) is 0. The lowest BCUT2D eigenvalue weighted by molar-refractivity contribution is 0.475. The van der Waals surface area contributed by atoms with Gasteiger partial charge in [-0.2, -0.15) is 10.2 Å². The molecule has 0 spiro atoms. The Hall–Kier alpha value is -1.58. The molecule has 1 N–H and O–H groups in total. The number of halogens is 2. The Morgan fingerprint density at radius 3 is 2.24 bits per heavy atom. The van der Waals surface area contributed by atoms with Gasteiger partial charge in [0.15, 0.2) is 0 Å². The van der Waals surface area contributed by atoms with Crippen molar-refractivity contribution in [3.8, 4) is 5.75 Å². The highest BCUT2D eigenvalue weighted by Gasteiger charge is 1.98. The molecule has 0 saturated carbocycles. The first kappa shape index (κ1) is 11.9. The lowest BCUT2D eigenvalue weighted by Gasteiger charge is -1.97. The van der Waals surface area contributed by atoms with Crippen LogP contribution in [0.5, 0.6) is 5.75 Å². The van der Waals surface area contributed by atoms with Crippen LogP contribution in [0.4, 0.5) is 11.4 Å². The molecule has 3 nitrogen and oxygen atoms in total. The summed E-state index contributed by atoms with van der Waals surface area (Å²) in [4.78, 5) is 0. The summed E-state index contributed by atoms with van der Waals surface area (Å²) in [5, 5.41) is 18.1. The molecule has 0 amide bonds. The monoisotopic (exact) mass is 266 g/mol. The molecular weight excluding hydrogens is 259 g/mol. The lowest BCUT2D eigenvalue weighted by atomic mass is 10.3. The predicted molar refractivity (Wildman–Crippen MR) is 68.7 cm³/mol. The second-order valence-electron chi connectivity index (χ2n) is 3.32. The molecule has 2 aromatic carbocycles. The molecule has 0 radical (unpaired) electrons. The minimum Gasteiger partial charge on any atom is -0.506 e. The van der Waals surface area contributed by atoms with E-state index in [2.05, 4.69) is 10.2 Å². The standard InChI is InChI=1S/C12H8Cl2N2O/c13-8-2-1-3-9(6-8)15-16-10-4-5-12(17)11(14)7-10/h1-7,17H. The highest BCUT2D eigenvalue weighted by atomic mass is 35.5. The highest BCUT2D eigenvalue weighted by molar-refractivity contribution is 6.32. The molecule has 0 unspecified atom stereocenters. The van der Waals surface area contributed by atoms with Crippen LogP contribution in [0.25, 0.3) is 0 Å². The molecule has 2 rings (SSSR count). The molecule has 0 aromatic heterocycles. The fraction of sp³-hybridized carbons (Fsp3) is 0. The second-order valence-corrected chi connectivity index (χ2v) is 4.16. The number of aromatic hydroxyl groups is 1. The summed E-state index contributed by atoms with van der Waals surface area (Å²) in [5.74, 6) is 0.0216. The van der Waals surface area contributed by atoms with Crippen LogP contribution in [-0.4, -0.2) is 5.11 Å². The Morgan fingerprint density at radius 2 is 1.59 bits per heavy atom. The van der Waals surface area contributed by atoms with E-state index in [1.165, 1.54) is 12.1 Å². The summed E-state index contributed by atoms with van der Waals surface area (Å²) in [7, 11) is 0. The Labute approximate surface area is 108 Å². The molecular formula is C12H8Cl2N2O. The van der Waals surface area contributed by atoms with E-state index in [1.54, 1.807) is 30.3 Å². The summed E-state index contributed by atoms with van der Waals surface area (Å²) in [5.41, 5.74) is 1.22. The van der Waals surface area contributed by atoms with Gasteiger partial charge in [0, 0.05) is 5.02 Å². The highest BCUT2D eigenvalue weighted by Crippen LogP contribution is 2.28. The maximum absolute atomic E-state index is 9.24. The maximum atomic E-state index is 9.24. The third kappa shape index (κ3) is 3.19. The smallest absolute Gasteiger partial charge is 0.134 e. The van der Waals surface area contributed by atoms with Gasteiger partial charge in [-0.15, -0.1) is 0 Å². The van der Waals surface area contributed by atoms with Crippen molar-refractivity contribution in [2.24, 2.45) is 10.2 Å². The van der Waals surface area contributed by atoms with E-state index < -0.39 is 0 Å². The van der Waals surface area contributed by atoms with E-state index in [-0.39, 0.29) is 10.8 Å². The maximum Gasteiger partial charge on any atom is 0.134 e.